The molecule has 1 atom stereocenters. The van der Waals surface area contributed by atoms with Crippen molar-refractivity contribution in [3.05, 3.63) is 95.6 Å². The summed E-state index contributed by atoms with van der Waals surface area (Å²) in [7, 11) is -3.65. The monoisotopic (exact) mass is 492 g/mol. The molecule has 1 heterocycles. The Kier molecular flexibility index (Phi) is 7.17. The zero-order chi connectivity index (χ0) is 25.1. The van der Waals surface area contributed by atoms with Gasteiger partial charge in [-0.05, 0) is 36.6 Å². The van der Waals surface area contributed by atoms with Crippen LogP contribution in [-0.2, 0) is 16.6 Å². The molecule has 0 saturated heterocycles. The van der Waals surface area contributed by atoms with Gasteiger partial charge in [0.2, 0.25) is 10.0 Å². The van der Waals surface area contributed by atoms with Crippen LogP contribution in [0.4, 0.5) is 5.69 Å². The number of amides is 1. The van der Waals surface area contributed by atoms with Crippen LogP contribution in [0.3, 0.4) is 0 Å². The van der Waals surface area contributed by atoms with E-state index in [0.29, 0.717) is 17.7 Å². The summed E-state index contributed by atoms with van der Waals surface area (Å²) in [6.45, 7) is 4.33. The van der Waals surface area contributed by atoms with E-state index in [2.05, 4.69) is 19.2 Å². The number of rotatable bonds is 8. The van der Waals surface area contributed by atoms with Crippen molar-refractivity contribution >= 4 is 21.6 Å². The smallest absolute Gasteiger partial charge is 0.253 e. The van der Waals surface area contributed by atoms with Gasteiger partial charge in [-0.3, -0.25) is 9.10 Å². The zero-order valence-electron chi connectivity index (χ0n) is 20.4. The van der Waals surface area contributed by atoms with Crippen molar-refractivity contribution in [1.29, 1.82) is 0 Å². The maximum absolute atomic E-state index is 13.6. The van der Waals surface area contributed by atoms with Crippen LogP contribution in [0.5, 0.6) is 5.75 Å². The van der Waals surface area contributed by atoms with Crippen molar-refractivity contribution < 1.29 is 17.9 Å². The Morgan fingerprint density at radius 1 is 0.971 bits per heavy atom. The van der Waals surface area contributed by atoms with Gasteiger partial charge >= 0.3 is 0 Å². The molecule has 7 heteroatoms. The van der Waals surface area contributed by atoms with E-state index in [9.17, 15) is 13.2 Å². The van der Waals surface area contributed by atoms with Crippen LogP contribution in [0, 0.1) is 0 Å². The summed E-state index contributed by atoms with van der Waals surface area (Å²) < 4.78 is 33.3. The number of carbonyl (C=O) groups is 1. The lowest BCUT2D eigenvalue weighted by atomic mass is 9.83. The lowest BCUT2D eigenvalue weighted by Gasteiger charge is -2.41. The third kappa shape index (κ3) is 5.35. The first-order valence-electron chi connectivity index (χ1n) is 12.0. The predicted octanol–water partition coefficient (Wildman–Crippen LogP) is 5.47. The molecule has 1 aliphatic rings. The lowest BCUT2D eigenvalue weighted by molar-refractivity contribution is 0.0227. The maximum atomic E-state index is 13.6. The summed E-state index contributed by atoms with van der Waals surface area (Å²) in [4.78, 5) is 13.6. The molecular formula is C28H32N2O4S. The van der Waals surface area contributed by atoms with Crippen molar-refractivity contribution in [1.82, 2.24) is 5.32 Å². The largest absolute Gasteiger partial charge is 0.487 e. The fraction of sp³-hybridized carbons (Fsp3) is 0.321. The Morgan fingerprint density at radius 2 is 1.60 bits per heavy atom. The normalized spacial score (nSPS) is 16.6. The van der Waals surface area contributed by atoms with Crippen molar-refractivity contribution in [2.45, 2.75) is 51.3 Å². The Morgan fingerprint density at radius 3 is 2.29 bits per heavy atom. The van der Waals surface area contributed by atoms with Gasteiger partial charge in [-0.25, -0.2) is 8.42 Å². The topological polar surface area (TPSA) is 75.7 Å². The summed E-state index contributed by atoms with van der Waals surface area (Å²) in [5.41, 5.74) is 2.07. The predicted molar refractivity (Wildman–Crippen MR) is 139 cm³/mol. The summed E-state index contributed by atoms with van der Waals surface area (Å²) in [5, 5.41) is 3.18. The zero-order valence-corrected chi connectivity index (χ0v) is 21.2. The molecule has 6 nitrogen and oxygen atoms in total. The number of hydrogen-bond acceptors (Lipinski definition) is 4. The van der Waals surface area contributed by atoms with E-state index in [-0.39, 0.29) is 24.1 Å². The van der Waals surface area contributed by atoms with E-state index < -0.39 is 10.0 Å². The van der Waals surface area contributed by atoms with E-state index >= 15 is 0 Å². The Hall–Kier alpha value is -3.32. The van der Waals surface area contributed by atoms with Gasteiger partial charge in [0.05, 0.1) is 30.1 Å². The van der Waals surface area contributed by atoms with Crippen LogP contribution in [0.2, 0.25) is 0 Å². The standard InChI is InChI=1S/C28H32N2O4S/c1-4-28(5-2)19-24(22-15-10-12-18-26(22)34-28)29-27(31)23-16-9-11-17-25(23)30(35(3,32)33)20-21-13-7-6-8-14-21/h6-18,24H,4-5,19-20H2,1-3H3,(H,29,31)/t24-/m1/s1. The number of hydrogen-bond donors (Lipinski definition) is 1. The van der Waals surface area contributed by atoms with Crippen LogP contribution in [0.25, 0.3) is 0 Å². The molecular weight excluding hydrogens is 460 g/mol. The molecule has 0 bridgehead atoms. The Bertz CT molecular complexity index is 1290. The fourth-order valence-electron chi connectivity index (χ4n) is 4.68. The number of fused-ring (bicyclic) bond motifs is 1. The van der Waals surface area contributed by atoms with Gasteiger partial charge in [0.25, 0.3) is 5.91 Å². The molecule has 0 unspecified atom stereocenters. The third-order valence-electron chi connectivity index (χ3n) is 6.78. The van der Waals surface area contributed by atoms with Gasteiger partial charge in [-0.15, -0.1) is 0 Å². The van der Waals surface area contributed by atoms with E-state index in [4.69, 9.17) is 4.74 Å². The highest BCUT2D eigenvalue weighted by Crippen LogP contribution is 2.43. The molecule has 1 N–H and O–H groups in total. The number of ether oxygens (including phenoxy) is 1. The summed E-state index contributed by atoms with van der Waals surface area (Å²) in [6, 6.07) is 23.7. The van der Waals surface area contributed by atoms with E-state index in [1.54, 1.807) is 24.3 Å². The van der Waals surface area contributed by atoms with Crippen LogP contribution >= 0.6 is 0 Å². The first-order chi connectivity index (χ1) is 16.8. The summed E-state index contributed by atoms with van der Waals surface area (Å²) in [5.74, 6) is 0.466. The first kappa shape index (κ1) is 24.8. The van der Waals surface area contributed by atoms with Crippen molar-refractivity contribution in [2.75, 3.05) is 10.6 Å². The molecule has 0 aliphatic carbocycles. The highest BCUT2D eigenvalue weighted by atomic mass is 32.2. The molecule has 1 amide bonds. The number of nitrogens with zero attached hydrogens (tertiary/aromatic N) is 1. The minimum Gasteiger partial charge on any atom is -0.487 e. The molecule has 0 spiro atoms. The second-order valence-electron chi connectivity index (χ2n) is 9.03. The minimum absolute atomic E-state index is 0.138. The van der Waals surface area contributed by atoms with Gasteiger partial charge in [0, 0.05) is 12.0 Å². The molecule has 184 valence electrons. The van der Waals surface area contributed by atoms with Gasteiger partial charge < -0.3 is 10.1 Å². The highest BCUT2D eigenvalue weighted by molar-refractivity contribution is 7.92. The molecule has 4 rings (SSSR count). The number of sulfonamides is 1. The van der Waals surface area contributed by atoms with Gasteiger partial charge in [0.1, 0.15) is 11.4 Å². The average Bonchev–Trinajstić information content (AvgIpc) is 2.87. The molecule has 0 radical (unpaired) electrons. The minimum atomic E-state index is -3.65. The number of nitrogens with one attached hydrogen (secondary N) is 1. The van der Waals surface area contributed by atoms with Crippen molar-refractivity contribution in [3.63, 3.8) is 0 Å². The van der Waals surface area contributed by atoms with E-state index in [1.807, 2.05) is 54.6 Å². The molecule has 1 aliphatic heterocycles. The average molecular weight is 493 g/mol. The quantitative estimate of drug-likeness (QED) is 0.453. The van der Waals surface area contributed by atoms with Gasteiger partial charge in [-0.1, -0.05) is 74.5 Å². The van der Waals surface area contributed by atoms with Crippen molar-refractivity contribution in [3.8, 4) is 5.75 Å². The molecule has 0 fully saturated rings. The third-order valence-corrected chi connectivity index (χ3v) is 7.90. The highest BCUT2D eigenvalue weighted by Gasteiger charge is 2.39. The number of anilines is 1. The summed E-state index contributed by atoms with van der Waals surface area (Å²) >= 11 is 0. The second kappa shape index (κ2) is 10.1. The molecule has 3 aromatic rings. The Balaban J connectivity index is 1.68. The molecule has 35 heavy (non-hydrogen) atoms. The van der Waals surface area contributed by atoms with Crippen LogP contribution < -0.4 is 14.4 Å². The van der Waals surface area contributed by atoms with Crippen LogP contribution in [0.1, 0.15) is 60.6 Å². The van der Waals surface area contributed by atoms with Crippen LogP contribution in [0.15, 0.2) is 78.9 Å². The molecule has 0 saturated carbocycles. The lowest BCUT2D eigenvalue weighted by Crippen LogP contribution is -2.44. The number of para-hydroxylation sites is 2. The molecule has 3 aromatic carbocycles. The molecule has 0 aromatic heterocycles. The second-order valence-corrected chi connectivity index (χ2v) is 10.9. The SMILES string of the molecule is CCC1(CC)C[C@@H](NC(=O)c2ccccc2N(Cc2ccccc2)S(C)(=O)=O)c2ccccc2O1. The Labute approximate surface area is 208 Å². The van der Waals surface area contributed by atoms with Gasteiger partial charge in [0.15, 0.2) is 0 Å². The van der Waals surface area contributed by atoms with E-state index in [1.165, 1.54) is 4.31 Å². The number of carbonyl (C=O) groups excluding carboxylic acids is 1. The first-order valence-corrected chi connectivity index (χ1v) is 13.8. The van der Waals surface area contributed by atoms with Gasteiger partial charge in [-0.2, -0.15) is 0 Å². The number of benzene rings is 3. The summed E-state index contributed by atoms with van der Waals surface area (Å²) in [6.07, 6.45) is 3.44. The maximum Gasteiger partial charge on any atom is 0.253 e. The van der Waals surface area contributed by atoms with Crippen LogP contribution in [-0.4, -0.2) is 26.2 Å². The van der Waals surface area contributed by atoms with E-state index in [0.717, 1.165) is 36.0 Å². The van der Waals surface area contributed by atoms with Crippen molar-refractivity contribution in [2.24, 2.45) is 0 Å². The fourth-order valence-corrected chi connectivity index (χ4v) is 5.58.